The Morgan fingerprint density at radius 2 is 1.67 bits per heavy atom. The first-order valence-electron chi connectivity index (χ1n) is 9.22. The molecule has 0 aromatic heterocycles. The second kappa shape index (κ2) is 8.96. The minimum Gasteiger partial charge on any atom is -0.494 e. The molecule has 6 nitrogen and oxygen atoms in total. The highest BCUT2D eigenvalue weighted by Gasteiger charge is 2.16. The topological polar surface area (TPSA) is 84.5 Å². The van der Waals surface area contributed by atoms with E-state index in [4.69, 9.17) is 4.74 Å². The molecule has 2 N–H and O–H groups in total. The third kappa shape index (κ3) is 5.15. The zero-order valence-corrected chi connectivity index (χ0v) is 17.3. The maximum Gasteiger partial charge on any atom is 0.261 e. The Morgan fingerprint density at radius 1 is 1.00 bits per heavy atom. The molecule has 30 heavy (non-hydrogen) atoms. The summed E-state index contributed by atoms with van der Waals surface area (Å²) >= 11 is 0. The summed E-state index contributed by atoms with van der Waals surface area (Å²) in [6.07, 6.45) is 0. The molecule has 0 atom stereocenters. The van der Waals surface area contributed by atoms with E-state index in [0.717, 1.165) is 5.56 Å². The van der Waals surface area contributed by atoms with Crippen LogP contribution >= 0.6 is 0 Å². The molecule has 1 amide bonds. The number of sulfonamides is 1. The molecule has 8 heteroatoms. The average molecular weight is 428 g/mol. The standard InChI is InChI=1S/C22H21FN2O4S/c1-3-29-18-9-7-17(8-10-18)25-30(27,28)19-11-5-16(6-12-19)22(26)24-21-14-15(2)4-13-20(21)23/h4-14,25H,3H2,1-2H3,(H,24,26). The highest BCUT2D eigenvalue weighted by atomic mass is 32.2. The number of anilines is 2. The molecule has 0 aliphatic heterocycles. The molecule has 0 aliphatic carbocycles. The van der Waals surface area contributed by atoms with Crippen LogP contribution in [0.25, 0.3) is 0 Å². The van der Waals surface area contributed by atoms with Crippen molar-refractivity contribution in [1.82, 2.24) is 0 Å². The Kier molecular flexibility index (Phi) is 6.37. The second-order valence-electron chi connectivity index (χ2n) is 6.52. The van der Waals surface area contributed by atoms with E-state index >= 15 is 0 Å². The first kappa shape index (κ1) is 21.3. The highest BCUT2D eigenvalue weighted by molar-refractivity contribution is 7.92. The summed E-state index contributed by atoms with van der Waals surface area (Å²) in [4.78, 5) is 12.4. The predicted octanol–water partition coefficient (Wildman–Crippen LogP) is 4.59. The number of carbonyl (C=O) groups is 1. The molecule has 0 saturated heterocycles. The monoisotopic (exact) mass is 428 g/mol. The fraction of sp³-hybridized carbons (Fsp3) is 0.136. The Balaban J connectivity index is 1.72. The van der Waals surface area contributed by atoms with E-state index in [1.165, 1.54) is 36.4 Å². The molecular formula is C22H21FN2O4S. The molecule has 0 fully saturated rings. The lowest BCUT2D eigenvalue weighted by Crippen LogP contribution is -2.15. The van der Waals surface area contributed by atoms with Crippen LogP contribution < -0.4 is 14.8 Å². The van der Waals surface area contributed by atoms with Crippen molar-refractivity contribution in [2.75, 3.05) is 16.6 Å². The fourth-order valence-electron chi connectivity index (χ4n) is 2.71. The Bertz CT molecular complexity index is 1140. The number of hydrogen-bond acceptors (Lipinski definition) is 4. The zero-order chi connectivity index (χ0) is 21.7. The van der Waals surface area contributed by atoms with Crippen LogP contribution in [0.3, 0.4) is 0 Å². The van der Waals surface area contributed by atoms with Crippen molar-refractivity contribution < 1.29 is 22.3 Å². The summed E-state index contributed by atoms with van der Waals surface area (Å²) in [7, 11) is -3.83. The quantitative estimate of drug-likeness (QED) is 0.577. The second-order valence-corrected chi connectivity index (χ2v) is 8.21. The first-order chi connectivity index (χ1) is 14.3. The van der Waals surface area contributed by atoms with Gasteiger partial charge < -0.3 is 10.1 Å². The smallest absolute Gasteiger partial charge is 0.261 e. The molecule has 0 aliphatic rings. The van der Waals surface area contributed by atoms with Crippen LogP contribution in [0.15, 0.2) is 71.6 Å². The number of halogens is 1. The number of nitrogens with one attached hydrogen (secondary N) is 2. The molecule has 0 radical (unpaired) electrons. The van der Waals surface area contributed by atoms with E-state index in [-0.39, 0.29) is 16.1 Å². The van der Waals surface area contributed by atoms with Gasteiger partial charge in [-0.2, -0.15) is 0 Å². The van der Waals surface area contributed by atoms with E-state index in [0.29, 0.717) is 18.0 Å². The third-order valence-corrected chi connectivity index (χ3v) is 5.61. The van der Waals surface area contributed by atoms with Gasteiger partial charge in [0, 0.05) is 11.3 Å². The minimum atomic E-state index is -3.83. The Morgan fingerprint density at radius 3 is 2.30 bits per heavy atom. The van der Waals surface area contributed by atoms with Crippen LogP contribution in [0.4, 0.5) is 15.8 Å². The number of rotatable bonds is 7. The molecular weight excluding hydrogens is 407 g/mol. The van der Waals surface area contributed by atoms with E-state index in [1.807, 2.05) is 6.92 Å². The summed E-state index contributed by atoms with van der Waals surface area (Å²) in [5.74, 6) is -0.448. The molecule has 0 bridgehead atoms. The van der Waals surface area contributed by atoms with Crippen LogP contribution in [-0.4, -0.2) is 20.9 Å². The zero-order valence-electron chi connectivity index (χ0n) is 16.5. The highest BCUT2D eigenvalue weighted by Crippen LogP contribution is 2.21. The van der Waals surface area contributed by atoms with Gasteiger partial charge in [0.05, 0.1) is 17.2 Å². The van der Waals surface area contributed by atoms with E-state index in [2.05, 4.69) is 10.0 Å². The number of amides is 1. The van der Waals surface area contributed by atoms with Crippen molar-refractivity contribution >= 4 is 27.3 Å². The van der Waals surface area contributed by atoms with Crippen molar-refractivity contribution in [3.63, 3.8) is 0 Å². The molecule has 3 aromatic carbocycles. The van der Waals surface area contributed by atoms with E-state index in [9.17, 15) is 17.6 Å². The first-order valence-corrected chi connectivity index (χ1v) is 10.7. The lowest BCUT2D eigenvalue weighted by Gasteiger charge is -2.10. The van der Waals surface area contributed by atoms with Gasteiger partial charge in [-0.3, -0.25) is 9.52 Å². The van der Waals surface area contributed by atoms with Crippen molar-refractivity contribution in [3.05, 3.63) is 83.7 Å². The number of hydrogen-bond donors (Lipinski definition) is 2. The van der Waals surface area contributed by atoms with Gasteiger partial charge in [0.25, 0.3) is 15.9 Å². The SMILES string of the molecule is CCOc1ccc(NS(=O)(=O)c2ccc(C(=O)Nc3cc(C)ccc3F)cc2)cc1. The van der Waals surface area contributed by atoms with Crippen molar-refractivity contribution in [1.29, 1.82) is 0 Å². The molecule has 156 valence electrons. The number of benzene rings is 3. The third-order valence-electron chi connectivity index (χ3n) is 4.21. The average Bonchev–Trinajstić information content (AvgIpc) is 2.72. The summed E-state index contributed by atoms with van der Waals surface area (Å²) in [6.45, 7) is 4.16. The molecule has 0 saturated carbocycles. The number of aryl methyl sites for hydroxylation is 1. The summed E-state index contributed by atoms with van der Waals surface area (Å²) in [5.41, 5.74) is 1.45. The molecule has 3 rings (SSSR count). The predicted molar refractivity (Wildman–Crippen MR) is 114 cm³/mol. The van der Waals surface area contributed by atoms with Crippen LogP contribution in [0.2, 0.25) is 0 Å². The molecule has 0 unspecified atom stereocenters. The fourth-order valence-corrected chi connectivity index (χ4v) is 3.77. The van der Waals surface area contributed by atoms with Gasteiger partial charge in [-0.1, -0.05) is 6.07 Å². The van der Waals surface area contributed by atoms with Gasteiger partial charge in [0.15, 0.2) is 0 Å². The maximum atomic E-state index is 13.8. The van der Waals surface area contributed by atoms with Crippen LogP contribution in [0.5, 0.6) is 5.75 Å². The van der Waals surface area contributed by atoms with Gasteiger partial charge in [0.2, 0.25) is 0 Å². The molecule has 0 spiro atoms. The van der Waals surface area contributed by atoms with Crippen LogP contribution in [0.1, 0.15) is 22.8 Å². The molecule has 0 heterocycles. The van der Waals surface area contributed by atoms with Crippen molar-refractivity contribution in [2.24, 2.45) is 0 Å². The largest absolute Gasteiger partial charge is 0.494 e. The number of carbonyl (C=O) groups excluding carboxylic acids is 1. The Hall–Kier alpha value is -3.39. The van der Waals surface area contributed by atoms with E-state index < -0.39 is 21.7 Å². The van der Waals surface area contributed by atoms with Crippen molar-refractivity contribution in [3.8, 4) is 5.75 Å². The van der Waals surface area contributed by atoms with Gasteiger partial charge in [-0.05, 0) is 80.1 Å². The van der Waals surface area contributed by atoms with E-state index in [1.54, 1.807) is 37.3 Å². The molecule has 3 aromatic rings. The van der Waals surface area contributed by atoms with Gasteiger partial charge >= 0.3 is 0 Å². The minimum absolute atomic E-state index is 0.00493. The summed E-state index contributed by atoms with van der Waals surface area (Å²) in [5, 5.41) is 2.49. The van der Waals surface area contributed by atoms with Crippen LogP contribution in [0, 0.1) is 12.7 Å². The van der Waals surface area contributed by atoms with Gasteiger partial charge in [-0.15, -0.1) is 0 Å². The van der Waals surface area contributed by atoms with Crippen molar-refractivity contribution in [2.45, 2.75) is 18.7 Å². The van der Waals surface area contributed by atoms with Gasteiger partial charge in [-0.25, -0.2) is 12.8 Å². The Labute approximate surface area is 174 Å². The lowest BCUT2D eigenvalue weighted by molar-refractivity contribution is 0.102. The lowest BCUT2D eigenvalue weighted by atomic mass is 10.2. The van der Waals surface area contributed by atoms with Crippen LogP contribution in [-0.2, 0) is 10.0 Å². The number of ether oxygens (including phenoxy) is 1. The summed E-state index contributed by atoms with van der Waals surface area (Å²) in [6, 6.07) is 16.3. The normalized spacial score (nSPS) is 11.0. The van der Waals surface area contributed by atoms with Gasteiger partial charge in [0.1, 0.15) is 11.6 Å². The maximum absolute atomic E-state index is 13.8. The summed E-state index contributed by atoms with van der Waals surface area (Å²) < 4.78 is 46.8.